The number of aliphatic carboxylic acids is 1. The van der Waals surface area contributed by atoms with E-state index in [4.69, 9.17) is 5.11 Å². The van der Waals surface area contributed by atoms with E-state index in [2.05, 4.69) is 5.32 Å². The highest BCUT2D eigenvalue weighted by atomic mass is 16.4. The van der Waals surface area contributed by atoms with E-state index in [1.54, 1.807) is 0 Å². The first kappa shape index (κ1) is 16.2. The highest BCUT2D eigenvalue weighted by molar-refractivity contribution is 5.76. The summed E-state index contributed by atoms with van der Waals surface area (Å²) in [5, 5.41) is 20.5. The van der Waals surface area contributed by atoms with Crippen molar-refractivity contribution in [3.05, 3.63) is 35.9 Å². The molecule has 1 aromatic carbocycles. The van der Waals surface area contributed by atoms with E-state index in [9.17, 15) is 14.7 Å². The summed E-state index contributed by atoms with van der Waals surface area (Å²) in [4.78, 5) is 22.0. The Morgan fingerprint density at radius 3 is 2.35 bits per heavy atom. The zero-order chi connectivity index (χ0) is 14.8. The highest BCUT2D eigenvalue weighted by Gasteiger charge is 2.12. The van der Waals surface area contributed by atoms with E-state index in [1.807, 2.05) is 30.3 Å². The molecule has 1 rings (SSSR count). The molecular formula is C15H21NO4. The lowest BCUT2D eigenvalue weighted by molar-refractivity contribution is -0.137. The van der Waals surface area contributed by atoms with Crippen molar-refractivity contribution in [3.8, 4) is 0 Å². The molecule has 0 saturated heterocycles. The molecule has 0 saturated carbocycles. The van der Waals surface area contributed by atoms with Crippen molar-refractivity contribution >= 4 is 11.9 Å². The summed E-state index contributed by atoms with van der Waals surface area (Å²) < 4.78 is 0. The molecule has 0 aliphatic heterocycles. The number of benzene rings is 1. The second kappa shape index (κ2) is 9.09. The van der Waals surface area contributed by atoms with Crippen LogP contribution in [0.5, 0.6) is 0 Å². The number of carboxylic acid groups (broad SMARTS) is 1. The van der Waals surface area contributed by atoms with Crippen LogP contribution in [-0.2, 0) is 16.0 Å². The summed E-state index contributed by atoms with van der Waals surface area (Å²) in [7, 11) is 0. The lowest BCUT2D eigenvalue weighted by Crippen LogP contribution is -2.38. The lowest BCUT2D eigenvalue weighted by Gasteiger charge is -2.16. The van der Waals surface area contributed by atoms with E-state index in [-0.39, 0.29) is 25.0 Å². The number of carbonyl (C=O) groups is 2. The average Bonchev–Trinajstić information content (AvgIpc) is 2.44. The molecular weight excluding hydrogens is 258 g/mol. The quantitative estimate of drug-likeness (QED) is 0.596. The highest BCUT2D eigenvalue weighted by Crippen LogP contribution is 2.04. The number of aliphatic hydroxyl groups is 1. The van der Waals surface area contributed by atoms with Crippen LogP contribution in [0, 0.1) is 0 Å². The predicted molar refractivity (Wildman–Crippen MR) is 75.3 cm³/mol. The maximum Gasteiger partial charge on any atom is 0.303 e. The zero-order valence-electron chi connectivity index (χ0n) is 11.4. The molecule has 0 unspecified atom stereocenters. The van der Waals surface area contributed by atoms with Crippen LogP contribution < -0.4 is 5.32 Å². The van der Waals surface area contributed by atoms with Crippen LogP contribution in [0.4, 0.5) is 0 Å². The molecule has 5 nitrogen and oxygen atoms in total. The van der Waals surface area contributed by atoms with Gasteiger partial charge in [0, 0.05) is 12.8 Å². The Labute approximate surface area is 118 Å². The van der Waals surface area contributed by atoms with Crippen molar-refractivity contribution in [1.29, 1.82) is 0 Å². The number of amides is 1. The molecule has 1 atom stereocenters. The smallest absolute Gasteiger partial charge is 0.303 e. The minimum absolute atomic E-state index is 0.0841. The van der Waals surface area contributed by atoms with E-state index in [0.717, 1.165) is 5.56 Å². The summed E-state index contributed by atoms with van der Waals surface area (Å²) in [5.41, 5.74) is 1.05. The first-order valence-corrected chi connectivity index (χ1v) is 6.77. The number of unbranched alkanes of at least 4 members (excludes halogenated alkanes) is 1. The van der Waals surface area contributed by atoms with Gasteiger partial charge in [-0.05, 0) is 24.8 Å². The molecule has 0 aromatic heterocycles. The van der Waals surface area contributed by atoms with E-state index in [0.29, 0.717) is 25.7 Å². The lowest BCUT2D eigenvalue weighted by atomic mass is 10.1. The number of hydrogen-bond acceptors (Lipinski definition) is 3. The fraction of sp³-hybridized carbons (Fsp3) is 0.467. The zero-order valence-corrected chi connectivity index (χ0v) is 11.4. The van der Waals surface area contributed by atoms with Crippen LogP contribution in [0.25, 0.3) is 0 Å². The molecule has 5 heteroatoms. The summed E-state index contributed by atoms with van der Waals surface area (Å²) in [5.74, 6) is -0.993. The molecule has 1 amide bonds. The summed E-state index contributed by atoms with van der Waals surface area (Å²) in [6.45, 7) is -0.115. The standard InChI is InChI=1S/C15H21NO4/c17-11-13(10-12-6-2-1-3-7-12)16-14(18)8-4-5-9-15(19)20/h1-3,6-7,13,17H,4-5,8-11H2,(H,16,18)(H,19,20)/t13-/m1/s1. The van der Waals surface area contributed by atoms with Crippen LogP contribution in [0.3, 0.4) is 0 Å². The van der Waals surface area contributed by atoms with Crippen molar-refractivity contribution in [1.82, 2.24) is 5.32 Å². The second-order valence-corrected chi connectivity index (χ2v) is 4.74. The molecule has 20 heavy (non-hydrogen) atoms. The van der Waals surface area contributed by atoms with E-state index in [1.165, 1.54) is 0 Å². The number of aliphatic hydroxyl groups excluding tert-OH is 1. The van der Waals surface area contributed by atoms with Gasteiger partial charge in [0.25, 0.3) is 0 Å². The monoisotopic (exact) mass is 279 g/mol. The summed E-state index contributed by atoms with van der Waals surface area (Å²) >= 11 is 0. The van der Waals surface area contributed by atoms with Gasteiger partial charge in [0.05, 0.1) is 12.6 Å². The third-order valence-electron chi connectivity index (χ3n) is 2.95. The van der Waals surface area contributed by atoms with Crippen molar-refractivity contribution in [2.24, 2.45) is 0 Å². The Kier molecular flexibility index (Phi) is 7.35. The predicted octanol–water partition coefficient (Wildman–Crippen LogP) is 1.35. The van der Waals surface area contributed by atoms with Crippen molar-refractivity contribution in [2.75, 3.05) is 6.61 Å². The van der Waals surface area contributed by atoms with Gasteiger partial charge in [-0.2, -0.15) is 0 Å². The molecule has 0 aliphatic rings. The summed E-state index contributed by atoms with van der Waals surface area (Å²) in [6, 6.07) is 9.33. The molecule has 0 fully saturated rings. The Balaban J connectivity index is 2.29. The average molecular weight is 279 g/mol. The third-order valence-corrected chi connectivity index (χ3v) is 2.95. The molecule has 3 N–H and O–H groups in total. The first-order valence-electron chi connectivity index (χ1n) is 6.77. The number of hydrogen-bond donors (Lipinski definition) is 3. The maximum absolute atomic E-state index is 11.7. The largest absolute Gasteiger partial charge is 0.481 e. The molecule has 110 valence electrons. The topological polar surface area (TPSA) is 86.6 Å². The van der Waals surface area contributed by atoms with Gasteiger partial charge in [-0.15, -0.1) is 0 Å². The maximum atomic E-state index is 11.7. The number of nitrogens with one attached hydrogen (secondary N) is 1. The van der Waals surface area contributed by atoms with Crippen LogP contribution in [0.2, 0.25) is 0 Å². The minimum Gasteiger partial charge on any atom is -0.481 e. The molecule has 0 spiro atoms. The summed E-state index contributed by atoms with van der Waals surface area (Å²) in [6.07, 6.45) is 1.99. The molecule has 0 radical (unpaired) electrons. The third kappa shape index (κ3) is 6.89. The Bertz CT molecular complexity index is 419. The Morgan fingerprint density at radius 1 is 1.10 bits per heavy atom. The van der Waals surface area contributed by atoms with Gasteiger partial charge in [0.15, 0.2) is 0 Å². The molecule has 1 aromatic rings. The fourth-order valence-electron chi connectivity index (χ4n) is 1.92. The minimum atomic E-state index is -0.845. The van der Waals surface area contributed by atoms with E-state index >= 15 is 0 Å². The Hall–Kier alpha value is -1.88. The van der Waals surface area contributed by atoms with Crippen molar-refractivity contribution < 1.29 is 19.8 Å². The van der Waals surface area contributed by atoms with Crippen LogP contribution in [0.15, 0.2) is 30.3 Å². The number of carboxylic acids is 1. The van der Waals surface area contributed by atoms with Gasteiger partial charge in [-0.1, -0.05) is 30.3 Å². The van der Waals surface area contributed by atoms with Crippen molar-refractivity contribution in [3.63, 3.8) is 0 Å². The SMILES string of the molecule is O=C(O)CCCCC(=O)N[C@@H](CO)Cc1ccccc1. The number of carbonyl (C=O) groups excluding carboxylic acids is 1. The van der Waals surface area contributed by atoms with Gasteiger partial charge in [0.1, 0.15) is 0 Å². The Morgan fingerprint density at radius 2 is 1.75 bits per heavy atom. The van der Waals surface area contributed by atoms with Crippen LogP contribution in [-0.4, -0.2) is 34.7 Å². The van der Waals surface area contributed by atoms with Gasteiger partial charge < -0.3 is 15.5 Å². The normalized spacial score (nSPS) is 11.8. The fourth-order valence-corrected chi connectivity index (χ4v) is 1.92. The van der Waals surface area contributed by atoms with Gasteiger partial charge in [0.2, 0.25) is 5.91 Å². The van der Waals surface area contributed by atoms with Gasteiger partial charge >= 0.3 is 5.97 Å². The van der Waals surface area contributed by atoms with E-state index < -0.39 is 5.97 Å². The van der Waals surface area contributed by atoms with Crippen LogP contribution >= 0.6 is 0 Å². The number of rotatable bonds is 9. The first-order chi connectivity index (χ1) is 9.61. The van der Waals surface area contributed by atoms with Gasteiger partial charge in [-0.25, -0.2) is 0 Å². The second-order valence-electron chi connectivity index (χ2n) is 4.74. The molecule has 0 bridgehead atoms. The molecule has 0 aliphatic carbocycles. The van der Waals surface area contributed by atoms with Gasteiger partial charge in [-0.3, -0.25) is 9.59 Å². The van der Waals surface area contributed by atoms with Crippen LogP contribution in [0.1, 0.15) is 31.2 Å². The van der Waals surface area contributed by atoms with Crippen molar-refractivity contribution in [2.45, 2.75) is 38.1 Å². The molecule has 0 heterocycles.